The molecule has 8 heteroatoms. The Morgan fingerprint density at radius 1 is 1.43 bits per heavy atom. The minimum absolute atomic E-state index is 0.0851. The van der Waals surface area contributed by atoms with E-state index in [2.05, 4.69) is 0 Å². The molecule has 0 atom stereocenters. The molecule has 0 aliphatic carbocycles. The summed E-state index contributed by atoms with van der Waals surface area (Å²) in [5.41, 5.74) is -2.25. The number of amides is 1. The lowest BCUT2D eigenvalue weighted by atomic mass is 10.0. The Hall–Kier alpha value is -2.15. The third-order valence-corrected chi connectivity index (χ3v) is 3.46. The first-order chi connectivity index (χ1) is 9.64. The zero-order valence-electron chi connectivity index (χ0n) is 11.8. The molecule has 0 aliphatic rings. The predicted molar refractivity (Wildman–Crippen MR) is 76.5 cm³/mol. The molecule has 0 fully saturated rings. The largest absolute Gasteiger partial charge is 0.480 e. The van der Waals surface area contributed by atoms with E-state index in [1.165, 1.54) is 32.0 Å². The van der Waals surface area contributed by atoms with Crippen LogP contribution in [0.5, 0.6) is 0 Å². The number of likely N-dealkylation sites (N-methyl/N-ethyl adjacent to an activating group) is 1. The third kappa shape index (κ3) is 3.13. The van der Waals surface area contributed by atoms with Crippen LogP contribution in [0.3, 0.4) is 0 Å². The number of rotatable bonds is 5. The SMILES string of the molecule is CCN(C(=O)c1cccc(Cl)c1[N+](=O)[O-])C(C)(C)C(=O)O. The van der Waals surface area contributed by atoms with Crippen molar-refractivity contribution >= 4 is 29.2 Å². The van der Waals surface area contributed by atoms with E-state index in [4.69, 9.17) is 11.6 Å². The minimum atomic E-state index is -1.50. The number of halogens is 1. The van der Waals surface area contributed by atoms with E-state index in [1.54, 1.807) is 6.92 Å². The van der Waals surface area contributed by atoms with E-state index in [1.807, 2.05) is 0 Å². The number of nitro benzene ring substituents is 1. The number of benzene rings is 1. The Morgan fingerprint density at radius 2 is 2.00 bits per heavy atom. The number of nitrogens with zero attached hydrogens (tertiary/aromatic N) is 2. The number of carboxylic acid groups (broad SMARTS) is 1. The van der Waals surface area contributed by atoms with Crippen molar-refractivity contribution in [2.24, 2.45) is 0 Å². The maximum absolute atomic E-state index is 12.5. The van der Waals surface area contributed by atoms with E-state index >= 15 is 0 Å². The van der Waals surface area contributed by atoms with Crippen LogP contribution in [0.25, 0.3) is 0 Å². The molecule has 0 heterocycles. The van der Waals surface area contributed by atoms with Crippen molar-refractivity contribution < 1.29 is 19.6 Å². The van der Waals surface area contributed by atoms with Gasteiger partial charge in [-0.3, -0.25) is 14.9 Å². The monoisotopic (exact) mass is 314 g/mol. The van der Waals surface area contributed by atoms with E-state index in [-0.39, 0.29) is 17.1 Å². The number of hydrogen-bond donors (Lipinski definition) is 1. The molecule has 0 aromatic heterocycles. The molecule has 1 aromatic carbocycles. The maximum atomic E-state index is 12.5. The van der Waals surface area contributed by atoms with Crippen molar-refractivity contribution in [3.8, 4) is 0 Å². The van der Waals surface area contributed by atoms with Gasteiger partial charge in [-0.1, -0.05) is 17.7 Å². The zero-order chi connectivity index (χ0) is 16.4. The molecule has 0 aliphatic heterocycles. The lowest BCUT2D eigenvalue weighted by Crippen LogP contribution is -2.53. The lowest BCUT2D eigenvalue weighted by molar-refractivity contribution is -0.385. The molecule has 21 heavy (non-hydrogen) atoms. The summed E-state index contributed by atoms with van der Waals surface area (Å²) in [7, 11) is 0. The second kappa shape index (κ2) is 6.09. The van der Waals surface area contributed by atoms with E-state index in [0.29, 0.717) is 0 Å². The highest BCUT2D eigenvalue weighted by Crippen LogP contribution is 2.30. The van der Waals surface area contributed by atoms with Crippen LogP contribution in [-0.2, 0) is 4.79 Å². The average molecular weight is 315 g/mol. The van der Waals surface area contributed by atoms with Crippen LogP contribution in [-0.4, -0.2) is 38.9 Å². The van der Waals surface area contributed by atoms with Gasteiger partial charge >= 0.3 is 11.7 Å². The van der Waals surface area contributed by atoms with Crippen LogP contribution in [0.15, 0.2) is 18.2 Å². The molecule has 1 amide bonds. The molecule has 0 unspecified atom stereocenters. The molecule has 7 nitrogen and oxygen atoms in total. The van der Waals surface area contributed by atoms with Gasteiger partial charge in [-0.2, -0.15) is 0 Å². The van der Waals surface area contributed by atoms with Crippen LogP contribution in [0.1, 0.15) is 31.1 Å². The van der Waals surface area contributed by atoms with Gasteiger partial charge in [0.25, 0.3) is 5.91 Å². The van der Waals surface area contributed by atoms with E-state index < -0.39 is 28.0 Å². The zero-order valence-corrected chi connectivity index (χ0v) is 12.5. The van der Waals surface area contributed by atoms with Crippen molar-refractivity contribution in [2.75, 3.05) is 6.54 Å². The predicted octanol–water partition coefficient (Wildman–Crippen LogP) is 2.57. The first-order valence-electron chi connectivity index (χ1n) is 6.12. The molecule has 0 bridgehead atoms. The van der Waals surface area contributed by atoms with Crippen LogP contribution in [0.2, 0.25) is 5.02 Å². The molecule has 1 aromatic rings. The Balaban J connectivity index is 3.40. The number of carboxylic acids is 1. The van der Waals surface area contributed by atoms with Crippen molar-refractivity contribution in [3.63, 3.8) is 0 Å². The summed E-state index contributed by atoms with van der Waals surface area (Å²) in [6.07, 6.45) is 0. The van der Waals surface area contributed by atoms with Gasteiger partial charge in [0.1, 0.15) is 16.1 Å². The summed E-state index contributed by atoms with van der Waals surface area (Å²) in [6.45, 7) is 4.39. The summed E-state index contributed by atoms with van der Waals surface area (Å²) in [4.78, 5) is 35.2. The van der Waals surface area contributed by atoms with Crippen molar-refractivity contribution in [1.82, 2.24) is 4.90 Å². The van der Waals surface area contributed by atoms with E-state index in [9.17, 15) is 24.8 Å². The Labute approximate surface area is 126 Å². The third-order valence-electron chi connectivity index (χ3n) is 3.16. The second-order valence-corrected chi connectivity index (χ2v) is 5.21. The fourth-order valence-corrected chi connectivity index (χ4v) is 2.17. The topological polar surface area (TPSA) is 101 Å². The van der Waals surface area contributed by atoms with E-state index in [0.717, 1.165) is 4.90 Å². The average Bonchev–Trinajstić information content (AvgIpc) is 2.37. The highest BCUT2D eigenvalue weighted by Gasteiger charge is 2.39. The Morgan fingerprint density at radius 3 is 2.43 bits per heavy atom. The van der Waals surface area contributed by atoms with Crippen molar-refractivity contribution in [2.45, 2.75) is 26.3 Å². The highest BCUT2D eigenvalue weighted by atomic mass is 35.5. The number of hydrogen-bond acceptors (Lipinski definition) is 4. The number of carbonyl (C=O) groups excluding carboxylic acids is 1. The van der Waals surface area contributed by atoms with Gasteiger partial charge in [0.15, 0.2) is 0 Å². The summed E-state index contributed by atoms with van der Waals surface area (Å²) < 4.78 is 0. The molecule has 0 spiro atoms. The highest BCUT2D eigenvalue weighted by molar-refractivity contribution is 6.33. The summed E-state index contributed by atoms with van der Waals surface area (Å²) in [5, 5.41) is 20.1. The van der Waals surface area contributed by atoms with Gasteiger partial charge in [0.2, 0.25) is 0 Å². The normalized spacial score (nSPS) is 11.0. The van der Waals surface area contributed by atoms with Gasteiger partial charge in [-0.25, -0.2) is 4.79 Å². The molecular weight excluding hydrogens is 300 g/mol. The standard InChI is InChI=1S/C13H15ClN2O5/c1-4-15(13(2,3)12(18)19)11(17)8-6-5-7-9(14)10(8)16(20)21/h5-7H,4H2,1-3H3,(H,18,19). The quantitative estimate of drug-likeness (QED) is 0.665. The molecule has 1 rings (SSSR count). The number of aliphatic carboxylic acids is 1. The second-order valence-electron chi connectivity index (χ2n) is 4.81. The number of carbonyl (C=O) groups is 2. The molecule has 0 radical (unpaired) electrons. The Kier molecular flexibility index (Phi) is 4.90. The Bertz CT molecular complexity index is 600. The number of nitro groups is 1. The summed E-state index contributed by atoms with van der Waals surface area (Å²) in [5.74, 6) is -1.96. The first kappa shape index (κ1) is 16.9. The molecule has 0 saturated heterocycles. The minimum Gasteiger partial charge on any atom is -0.480 e. The molecule has 0 saturated carbocycles. The maximum Gasteiger partial charge on any atom is 0.329 e. The van der Waals surface area contributed by atoms with Crippen LogP contribution in [0, 0.1) is 10.1 Å². The summed E-state index contributed by atoms with van der Waals surface area (Å²) in [6, 6.07) is 3.96. The fourth-order valence-electron chi connectivity index (χ4n) is 1.93. The van der Waals surface area contributed by atoms with Gasteiger partial charge in [-0.15, -0.1) is 0 Å². The molecule has 114 valence electrons. The van der Waals surface area contributed by atoms with Crippen molar-refractivity contribution in [1.29, 1.82) is 0 Å². The van der Waals surface area contributed by atoms with Gasteiger partial charge < -0.3 is 10.0 Å². The molecular formula is C13H15ClN2O5. The molecule has 1 N–H and O–H groups in total. The summed E-state index contributed by atoms with van der Waals surface area (Å²) >= 11 is 5.76. The van der Waals surface area contributed by atoms with Crippen molar-refractivity contribution in [3.05, 3.63) is 38.9 Å². The van der Waals surface area contributed by atoms with Crippen LogP contribution >= 0.6 is 11.6 Å². The van der Waals surface area contributed by atoms with Gasteiger partial charge in [0, 0.05) is 6.54 Å². The van der Waals surface area contributed by atoms with Crippen LogP contribution in [0.4, 0.5) is 5.69 Å². The first-order valence-corrected chi connectivity index (χ1v) is 6.50. The fraction of sp³-hybridized carbons (Fsp3) is 0.385. The lowest BCUT2D eigenvalue weighted by Gasteiger charge is -2.34. The van der Waals surface area contributed by atoms with Crippen LogP contribution < -0.4 is 0 Å². The van der Waals surface area contributed by atoms with Gasteiger partial charge in [0.05, 0.1) is 4.92 Å². The smallest absolute Gasteiger partial charge is 0.329 e. The van der Waals surface area contributed by atoms with Gasteiger partial charge in [-0.05, 0) is 32.9 Å². The number of para-hydroxylation sites is 1.